The Bertz CT molecular complexity index is 413. The second kappa shape index (κ2) is 6.29. The third kappa shape index (κ3) is 4.82. The number of alkyl halides is 1. The van der Waals surface area contributed by atoms with Gasteiger partial charge in [0, 0.05) is 23.5 Å². The van der Waals surface area contributed by atoms with Crippen LogP contribution in [0.25, 0.3) is 0 Å². The number of morpholine rings is 1. The molecule has 0 bridgehead atoms. The van der Waals surface area contributed by atoms with E-state index in [0.29, 0.717) is 29.7 Å². The normalized spacial score (nSPS) is 23.1. The molecule has 106 valence electrons. The lowest BCUT2D eigenvalue weighted by atomic mass is 9.91. The number of halogens is 3. The van der Waals surface area contributed by atoms with Gasteiger partial charge in [0.2, 0.25) is 0 Å². The number of benzene rings is 1. The standard InChI is InChI=1S/C14H18BrF2NO/c1-14(17,8-13-9-19-3-2-18-13)7-10-4-11(15)6-12(16)5-10/h4-6,13,18H,2-3,7-9H2,1H3. The zero-order valence-corrected chi connectivity index (χ0v) is 12.5. The van der Waals surface area contributed by atoms with Gasteiger partial charge in [0.05, 0.1) is 13.2 Å². The molecule has 0 saturated carbocycles. The van der Waals surface area contributed by atoms with Crippen LogP contribution in [0.3, 0.4) is 0 Å². The van der Waals surface area contributed by atoms with Crippen LogP contribution in [-0.2, 0) is 11.2 Å². The van der Waals surface area contributed by atoms with Crippen LogP contribution in [-0.4, -0.2) is 31.5 Å². The third-order valence-corrected chi connectivity index (χ3v) is 3.62. The van der Waals surface area contributed by atoms with Gasteiger partial charge in [-0.1, -0.05) is 15.9 Å². The minimum Gasteiger partial charge on any atom is -0.379 e. The number of nitrogens with one attached hydrogen (secondary N) is 1. The first-order valence-electron chi connectivity index (χ1n) is 6.40. The van der Waals surface area contributed by atoms with Crippen LogP contribution in [0.5, 0.6) is 0 Å². The van der Waals surface area contributed by atoms with Gasteiger partial charge in [-0.05, 0) is 37.1 Å². The highest BCUT2D eigenvalue weighted by Gasteiger charge is 2.29. The summed E-state index contributed by atoms with van der Waals surface area (Å²) in [5, 5.41) is 3.24. The lowest BCUT2D eigenvalue weighted by Crippen LogP contribution is -2.45. The van der Waals surface area contributed by atoms with Crippen LogP contribution >= 0.6 is 15.9 Å². The van der Waals surface area contributed by atoms with Gasteiger partial charge in [0.25, 0.3) is 0 Å². The monoisotopic (exact) mass is 333 g/mol. The van der Waals surface area contributed by atoms with E-state index >= 15 is 0 Å². The molecule has 1 aromatic carbocycles. The predicted molar refractivity (Wildman–Crippen MR) is 74.5 cm³/mol. The van der Waals surface area contributed by atoms with Gasteiger partial charge in [-0.2, -0.15) is 0 Å². The molecule has 0 aliphatic carbocycles. The number of hydrogen-bond acceptors (Lipinski definition) is 2. The maximum Gasteiger partial charge on any atom is 0.124 e. The van der Waals surface area contributed by atoms with Crippen LogP contribution in [0.4, 0.5) is 8.78 Å². The van der Waals surface area contributed by atoms with E-state index in [1.54, 1.807) is 13.0 Å². The maximum absolute atomic E-state index is 14.6. The molecule has 1 heterocycles. The van der Waals surface area contributed by atoms with Crippen molar-refractivity contribution in [3.63, 3.8) is 0 Å². The molecule has 0 radical (unpaired) electrons. The Morgan fingerprint density at radius 3 is 2.89 bits per heavy atom. The largest absolute Gasteiger partial charge is 0.379 e. The summed E-state index contributed by atoms with van der Waals surface area (Å²) in [6.07, 6.45) is 0.558. The Morgan fingerprint density at radius 1 is 1.47 bits per heavy atom. The first kappa shape index (κ1) is 14.9. The molecule has 2 rings (SSSR count). The predicted octanol–water partition coefficient (Wildman–Crippen LogP) is 3.24. The zero-order valence-electron chi connectivity index (χ0n) is 10.9. The Labute approximate surface area is 120 Å². The van der Waals surface area contributed by atoms with Gasteiger partial charge >= 0.3 is 0 Å². The van der Waals surface area contributed by atoms with E-state index in [2.05, 4.69) is 21.2 Å². The van der Waals surface area contributed by atoms with Crippen LogP contribution in [0.15, 0.2) is 22.7 Å². The molecule has 2 atom stereocenters. The van der Waals surface area contributed by atoms with Crippen LogP contribution in [0.2, 0.25) is 0 Å². The van der Waals surface area contributed by atoms with E-state index in [1.807, 2.05) is 0 Å². The lowest BCUT2D eigenvalue weighted by Gasteiger charge is -2.30. The number of ether oxygens (including phenoxy) is 1. The van der Waals surface area contributed by atoms with Crippen molar-refractivity contribution in [3.8, 4) is 0 Å². The van der Waals surface area contributed by atoms with Crippen molar-refractivity contribution in [1.29, 1.82) is 0 Å². The van der Waals surface area contributed by atoms with E-state index in [1.165, 1.54) is 12.1 Å². The molecule has 1 aromatic rings. The number of hydrogen-bond donors (Lipinski definition) is 1. The fourth-order valence-corrected chi connectivity index (χ4v) is 2.99. The first-order valence-corrected chi connectivity index (χ1v) is 7.19. The second-order valence-electron chi connectivity index (χ2n) is 5.30. The van der Waals surface area contributed by atoms with Crippen molar-refractivity contribution in [2.75, 3.05) is 19.8 Å². The fraction of sp³-hybridized carbons (Fsp3) is 0.571. The lowest BCUT2D eigenvalue weighted by molar-refractivity contribution is 0.0483. The minimum atomic E-state index is -1.38. The summed E-state index contributed by atoms with van der Waals surface area (Å²) in [4.78, 5) is 0. The first-order chi connectivity index (χ1) is 8.94. The molecule has 0 amide bonds. The molecule has 19 heavy (non-hydrogen) atoms. The molecular formula is C14H18BrF2NO. The van der Waals surface area contributed by atoms with E-state index in [-0.39, 0.29) is 18.3 Å². The quantitative estimate of drug-likeness (QED) is 0.913. The molecule has 1 aliphatic rings. The molecule has 0 spiro atoms. The van der Waals surface area contributed by atoms with Crippen molar-refractivity contribution in [3.05, 3.63) is 34.1 Å². The summed E-state index contributed by atoms with van der Waals surface area (Å²) in [5.74, 6) is -0.348. The molecule has 5 heteroatoms. The highest BCUT2D eigenvalue weighted by atomic mass is 79.9. The average Bonchev–Trinajstić information content (AvgIpc) is 2.27. The van der Waals surface area contributed by atoms with Crippen molar-refractivity contribution >= 4 is 15.9 Å². The summed E-state index contributed by atoms with van der Waals surface area (Å²) >= 11 is 3.22. The Balaban J connectivity index is 1.98. The minimum absolute atomic E-state index is 0.0285. The van der Waals surface area contributed by atoms with Gasteiger partial charge in [-0.15, -0.1) is 0 Å². The van der Waals surface area contributed by atoms with Gasteiger partial charge < -0.3 is 10.1 Å². The molecule has 2 unspecified atom stereocenters. The molecule has 1 N–H and O–H groups in total. The molecule has 1 aliphatic heterocycles. The van der Waals surface area contributed by atoms with Gasteiger partial charge in [-0.3, -0.25) is 0 Å². The molecule has 0 aromatic heterocycles. The van der Waals surface area contributed by atoms with Crippen molar-refractivity contribution in [2.24, 2.45) is 0 Å². The van der Waals surface area contributed by atoms with Gasteiger partial charge in [0.1, 0.15) is 11.5 Å². The van der Waals surface area contributed by atoms with Crippen LogP contribution < -0.4 is 5.32 Å². The number of rotatable bonds is 4. The Hall–Kier alpha value is -0.520. The smallest absolute Gasteiger partial charge is 0.124 e. The topological polar surface area (TPSA) is 21.3 Å². The van der Waals surface area contributed by atoms with Gasteiger partial charge in [-0.25, -0.2) is 8.78 Å². The molecular weight excluding hydrogens is 316 g/mol. The third-order valence-electron chi connectivity index (χ3n) is 3.17. The highest BCUT2D eigenvalue weighted by Crippen LogP contribution is 2.26. The molecule has 1 fully saturated rings. The fourth-order valence-electron chi connectivity index (χ4n) is 2.48. The Kier molecular flexibility index (Phi) is 4.92. The zero-order chi connectivity index (χ0) is 13.9. The van der Waals surface area contributed by atoms with Crippen LogP contribution in [0.1, 0.15) is 18.9 Å². The van der Waals surface area contributed by atoms with Crippen molar-refractivity contribution in [1.82, 2.24) is 5.32 Å². The second-order valence-corrected chi connectivity index (χ2v) is 6.21. The van der Waals surface area contributed by atoms with E-state index in [9.17, 15) is 8.78 Å². The van der Waals surface area contributed by atoms with E-state index in [4.69, 9.17) is 4.74 Å². The SMILES string of the molecule is CC(F)(Cc1cc(F)cc(Br)c1)CC1COCCN1. The average molecular weight is 334 g/mol. The summed E-state index contributed by atoms with van der Waals surface area (Å²) in [6, 6.07) is 4.54. The van der Waals surface area contributed by atoms with Crippen molar-refractivity contribution in [2.45, 2.75) is 31.5 Å². The van der Waals surface area contributed by atoms with Gasteiger partial charge in [0.15, 0.2) is 0 Å². The van der Waals surface area contributed by atoms with E-state index < -0.39 is 5.67 Å². The summed E-state index contributed by atoms with van der Waals surface area (Å²) in [6.45, 7) is 3.52. The van der Waals surface area contributed by atoms with E-state index in [0.717, 1.165) is 6.54 Å². The Morgan fingerprint density at radius 2 is 2.26 bits per heavy atom. The molecule has 2 nitrogen and oxygen atoms in total. The van der Waals surface area contributed by atoms with Crippen LogP contribution in [0, 0.1) is 5.82 Å². The molecule has 1 saturated heterocycles. The van der Waals surface area contributed by atoms with Crippen molar-refractivity contribution < 1.29 is 13.5 Å². The summed E-state index contributed by atoms with van der Waals surface area (Å²) in [7, 11) is 0. The maximum atomic E-state index is 14.6. The summed E-state index contributed by atoms with van der Waals surface area (Å²) in [5.41, 5.74) is -0.723. The highest BCUT2D eigenvalue weighted by molar-refractivity contribution is 9.10. The summed E-state index contributed by atoms with van der Waals surface area (Å²) < 4.78 is 33.8.